The van der Waals surface area contributed by atoms with Gasteiger partial charge in [0.1, 0.15) is 23.9 Å². The molecule has 9 nitrogen and oxygen atoms in total. The highest BCUT2D eigenvalue weighted by atomic mass is 16.5. The molecule has 1 N–H and O–H groups in total. The van der Waals surface area contributed by atoms with E-state index in [1.807, 2.05) is 0 Å². The van der Waals surface area contributed by atoms with E-state index in [0.717, 1.165) is 13.0 Å². The smallest absolute Gasteiger partial charge is 0.329 e. The Labute approximate surface area is 168 Å². The van der Waals surface area contributed by atoms with E-state index in [0.29, 0.717) is 49.6 Å². The van der Waals surface area contributed by atoms with E-state index in [1.165, 1.54) is 9.13 Å². The number of piperidine rings is 1. The number of fused-ring (bicyclic) bond motifs is 1. The lowest BCUT2D eigenvalue weighted by molar-refractivity contribution is -0.135. The number of carbonyl (C=O) groups is 2. The van der Waals surface area contributed by atoms with Crippen molar-refractivity contribution < 1.29 is 23.8 Å². The fourth-order valence-electron chi connectivity index (χ4n) is 3.43. The van der Waals surface area contributed by atoms with Crippen LogP contribution in [0.4, 0.5) is 0 Å². The van der Waals surface area contributed by atoms with Gasteiger partial charge in [0.2, 0.25) is 11.8 Å². The van der Waals surface area contributed by atoms with Crippen molar-refractivity contribution in [2.24, 2.45) is 7.05 Å². The summed E-state index contributed by atoms with van der Waals surface area (Å²) in [6.07, 6.45) is 1.47. The molecule has 1 fully saturated rings. The van der Waals surface area contributed by atoms with Crippen molar-refractivity contribution in [2.75, 3.05) is 33.0 Å². The lowest BCUT2D eigenvalue weighted by atomic mass is 10.1. The van der Waals surface area contributed by atoms with Crippen LogP contribution in [0.1, 0.15) is 32.2 Å². The monoisotopic (exact) mass is 405 g/mol. The SMILES string of the molecule is CCCOCCOCCOc1cccc2c1n(C)c(=O)n2C1CCC(=O)NC1=O. The molecule has 29 heavy (non-hydrogen) atoms. The Bertz CT molecular complexity index is 932. The summed E-state index contributed by atoms with van der Waals surface area (Å²) in [6.45, 7) is 4.54. The van der Waals surface area contributed by atoms with Crippen molar-refractivity contribution in [3.05, 3.63) is 28.7 Å². The Balaban J connectivity index is 1.72. The van der Waals surface area contributed by atoms with Gasteiger partial charge in [-0.2, -0.15) is 0 Å². The molecule has 0 radical (unpaired) electrons. The molecule has 0 saturated carbocycles. The Morgan fingerprint density at radius 2 is 1.79 bits per heavy atom. The minimum absolute atomic E-state index is 0.203. The van der Waals surface area contributed by atoms with Gasteiger partial charge in [0.05, 0.1) is 25.3 Å². The number of hydrogen-bond acceptors (Lipinski definition) is 6. The number of imide groups is 1. The summed E-state index contributed by atoms with van der Waals surface area (Å²) in [5.41, 5.74) is 0.877. The van der Waals surface area contributed by atoms with Crippen LogP contribution in [-0.2, 0) is 26.1 Å². The molecule has 2 heterocycles. The van der Waals surface area contributed by atoms with Gasteiger partial charge in [0.15, 0.2) is 0 Å². The number of amides is 2. The Hall–Kier alpha value is -2.65. The van der Waals surface area contributed by atoms with Gasteiger partial charge < -0.3 is 14.2 Å². The van der Waals surface area contributed by atoms with E-state index < -0.39 is 11.9 Å². The lowest BCUT2D eigenvalue weighted by Gasteiger charge is -2.21. The second kappa shape index (κ2) is 9.71. The standard InChI is InChI=1S/C20H27N3O6/c1-3-9-27-10-11-28-12-13-29-16-6-4-5-14-18(16)22(2)20(26)23(14)15-7-8-17(24)21-19(15)25/h4-6,15H,3,7-13H2,1-2H3,(H,21,24,25). The Morgan fingerprint density at radius 1 is 1.07 bits per heavy atom. The molecule has 3 rings (SSSR count). The molecule has 158 valence electrons. The molecule has 1 saturated heterocycles. The highest BCUT2D eigenvalue weighted by Crippen LogP contribution is 2.28. The van der Waals surface area contributed by atoms with Crippen molar-refractivity contribution >= 4 is 22.8 Å². The molecule has 1 atom stereocenters. The number of benzene rings is 1. The maximum absolute atomic E-state index is 12.8. The number of rotatable bonds is 10. The van der Waals surface area contributed by atoms with Gasteiger partial charge in [0, 0.05) is 20.1 Å². The van der Waals surface area contributed by atoms with Crippen LogP contribution in [0.5, 0.6) is 5.75 Å². The van der Waals surface area contributed by atoms with Crippen molar-refractivity contribution in [2.45, 2.75) is 32.2 Å². The van der Waals surface area contributed by atoms with Gasteiger partial charge in [-0.15, -0.1) is 0 Å². The quantitative estimate of drug-likeness (QED) is 0.470. The number of imidazole rings is 1. The normalized spacial score (nSPS) is 17.0. The first-order chi connectivity index (χ1) is 14.0. The van der Waals surface area contributed by atoms with Gasteiger partial charge in [-0.25, -0.2) is 4.79 Å². The topological polar surface area (TPSA) is 101 Å². The maximum atomic E-state index is 12.8. The van der Waals surface area contributed by atoms with Crippen LogP contribution in [0.15, 0.2) is 23.0 Å². The third-order valence-electron chi connectivity index (χ3n) is 4.79. The highest BCUT2D eigenvalue weighted by molar-refractivity contribution is 6.00. The number of aromatic nitrogens is 2. The lowest BCUT2D eigenvalue weighted by Crippen LogP contribution is -2.44. The van der Waals surface area contributed by atoms with E-state index in [1.54, 1.807) is 25.2 Å². The van der Waals surface area contributed by atoms with Gasteiger partial charge in [-0.3, -0.25) is 24.0 Å². The summed E-state index contributed by atoms with van der Waals surface area (Å²) >= 11 is 0. The van der Waals surface area contributed by atoms with Crippen LogP contribution in [-0.4, -0.2) is 54.0 Å². The molecule has 0 bridgehead atoms. The molecule has 2 aromatic rings. The molecule has 1 aliphatic rings. The van der Waals surface area contributed by atoms with E-state index in [2.05, 4.69) is 12.2 Å². The number of nitrogens with zero attached hydrogens (tertiary/aromatic N) is 2. The Morgan fingerprint density at radius 3 is 2.52 bits per heavy atom. The second-order valence-corrected chi connectivity index (χ2v) is 6.88. The first-order valence-corrected chi connectivity index (χ1v) is 9.86. The Kier molecular flexibility index (Phi) is 7.05. The fourth-order valence-corrected chi connectivity index (χ4v) is 3.43. The fraction of sp³-hybridized carbons (Fsp3) is 0.550. The van der Waals surface area contributed by atoms with Crippen molar-refractivity contribution in [1.82, 2.24) is 14.5 Å². The van der Waals surface area contributed by atoms with E-state index in [9.17, 15) is 14.4 Å². The number of aryl methyl sites for hydroxylation is 1. The average molecular weight is 405 g/mol. The van der Waals surface area contributed by atoms with Gasteiger partial charge in [-0.05, 0) is 25.0 Å². The molecule has 9 heteroatoms. The van der Waals surface area contributed by atoms with Gasteiger partial charge in [0.25, 0.3) is 0 Å². The predicted octanol–water partition coefficient (Wildman–Crippen LogP) is 1.14. The number of nitrogens with one attached hydrogen (secondary N) is 1. The molecular weight excluding hydrogens is 378 g/mol. The van der Waals surface area contributed by atoms with Crippen molar-refractivity contribution in [3.8, 4) is 5.75 Å². The number of ether oxygens (including phenoxy) is 3. The van der Waals surface area contributed by atoms with Crippen LogP contribution in [0.3, 0.4) is 0 Å². The minimum atomic E-state index is -0.717. The maximum Gasteiger partial charge on any atom is 0.329 e. The summed E-state index contributed by atoms with van der Waals surface area (Å²) in [5.74, 6) is -0.233. The summed E-state index contributed by atoms with van der Waals surface area (Å²) in [7, 11) is 1.64. The van der Waals surface area contributed by atoms with Crippen LogP contribution in [0.25, 0.3) is 11.0 Å². The predicted molar refractivity (Wildman–Crippen MR) is 106 cm³/mol. The number of hydrogen-bond donors (Lipinski definition) is 1. The minimum Gasteiger partial charge on any atom is -0.489 e. The van der Waals surface area contributed by atoms with Gasteiger partial charge in [-0.1, -0.05) is 13.0 Å². The van der Waals surface area contributed by atoms with Gasteiger partial charge >= 0.3 is 5.69 Å². The van der Waals surface area contributed by atoms with Crippen LogP contribution < -0.4 is 15.7 Å². The molecule has 1 aliphatic heterocycles. The average Bonchev–Trinajstić information content (AvgIpc) is 2.95. The molecule has 1 aromatic carbocycles. The molecule has 0 aliphatic carbocycles. The largest absolute Gasteiger partial charge is 0.489 e. The molecule has 1 aromatic heterocycles. The second-order valence-electron chi connectivity index (χ2n) is 6.88. The van der Waals surface area contributed by atoms with Crippen LogP contribution >= 0.6 is 0 Å². The third kappa shape index (κ3) is 4.68. The van der Waals surface area contributed by atoms with Crippen LogP contribution in [0, 0.1) is 0 Å². The first kappa shape index (κ1) is 21.1. The summed E-state index contributed by atoms with van der Waals surface area (Å²) < 4.78 is 19.6. The van der Waals surface area contributed by atoms with E-state index in [4.69, 9.17) is 14.2 Å². The zero-order chi connectivity index (χ0) is 20.8. The van der Waals surface area contributed by atoms with Crippen LogP contribution in [0.2, 0.25) is 0 Å². The summed E-state index contributed by atoms with van der Waals surface area (Å²) in [5, 5.41) is 2.31. The first-order valence-electron chi connectivity index (χ1n) is 9.86. The number of carbonyl (C=O) groups excluding carboxylic acids is 2. The van der Waals surface area contributed by atoms with Crippen molar-refractivity contribution in [1.29, 1.82) is 0 Å². The van der Waals surface area contributed by atoms with Crippen molar-refractivity contribution in [3.63, 3.8) is 0 Å². The summed E-state index contributed by atoms with van der Waals surface area (Å²) in [6, 6.07) is 4.61. The molecular formula is C20H27N3O6. The summed E-state index contributed by atoms with van der Waals surface area (Å²) in [4.78, 5) is 36.5. The zero-order valence-electron chi connectivity index (χ0n) is 16.8. The number of para-hydroxylation sites is 1. The third-order valence-corrected chi connectivity index (χ3v) is 4.79. The molecule has 0 spiro atoms. The highest BCUT2D eigenvalue weighted by Gasteiger charge is 2.31. The molecule has 1 unspecified atom stereocenters. The van der Waals surface area contributed by atoms with E-state index >= 15 is 0 Å². The molecule has 2 amide bonds. The van der Waals surface area contributed by atoms with E-state index in [-0.39, 0.29) is 18.0 Å². The zero-order valence-corrected chi connectivity index (χ0v) is 16.8.